The van der Waals surface area contributed by atoms with Gasteiger partial charge in [-0.1, -0.05) is 0 Å². The monoisotopic (exact) mass is 229 g/mol. The van der Waals surface area contributed by atoms with E-state index in [1.807, 2.05) is 0 Å². The van der Waals surface area contributed by atoms with Crippen LogP contribution in [-0.4, -0.2) is 19.0 Å². The van der Waals surface area contributed by atoms with Gasteiger partial charge in [0, 0.05) is 17.4 Å². The third-order valence-corrected chi connectivity index (χ3v) is 4.34. The smallest absolute Gasteiger partial charge is 0.269 e. The number of nitrogens with one attached hydrogen (secondary N) is 2. The van der Waals surface area contributed by atoms with Crippen molar-refractivity contribution in [2.45, 2.75) is 0 Å². The van der Waals surface area contributed by atoms with Gasteiger partial charge in [0.05, 0.1) is 4.92 Å². The van der Waals surface area contributed by atoms with Crippen LogP contribution in [0.25, 0.3) is 0 Å². The van der Waals surface area contributed by atoms with E-state index in [0.717, 1.165) is 0 Å². The molecule has 0 heterocycles. The van der Waals surface area contributed by atoms with Crippen LogP contribution in [0.2, 0.25) is 0 Å². The van der Waals surface area contributed by atoms with E-state index < -0.39 is 12.4 Å². The summed E-state index contributed by atoms with van der Waals surface area (Å²) in [6.07, 6.45) is 0. The van der Waals surface area contributed by atoms with E-state index in [2.05, 4.69) is 10.2 Å². The van der Waals surface area contributed by atoms with Crippen LogP contribution < -0.4 is 15.5 Å². The van der Waals surface area contributed by atoms with Gasteiger partial charge in [-0.15, -0.1) is 0 Å². The minimum Gasteiger partial charge on any atom is -0.284 e. The van der Waals surface area contributed by atoms with Crippen LogP contribution in [0.1, 0.15) is 0 Å². The minimum absolute atomic E-state index is 0.0162. The number of nitro groups is 1. The first-order valence-electron chi connectivity index (χ1n) is 4.26. The van der Waals surface area contributed by atoms with Crippen LogP contribution in [0.5, 0.6) is 0 Å². The van der Waals surface area contributed by atoms with Crippen molar-refractivity contribution < 1.29 is 9.49 Å². The molecule has 15 heavy (non-hydrogen) atoms. The highest BCUT2D eigenvalue weighted by atomic mass is 31.2. The Balaban J connectivity index is 3.08. The number of benzene rings is 1. The molecule has 0 aromatic heterocycles. The molecule has 7 heteroatoms. The first-order chi connectivity index (χ1) is 7.03. The molecule has 0 unspecified atom stereocenters. The van der Waals surface area contributed by atoms with Gasteiger partial charge in [-0.3, -0.25) is 24.9 Å². The molecular weight excluding hydrogens is 217 g/mol. The van der Waals surface area contributed by atoms with Crippen LogP contribution in [0.15, 0.2) is 24.3 Å². The van der Waals surface area contributed by atoms with Crippen LogP contribution in [0.4, 0.5) is 5.69 Å². The van der Waals surface area contributed by atoms with Gasteiger partial charge in [0.25, 0.3) is 5.69 Å². The average molecular weight is 229 g/mol. The molecule has 0 amide bonds. The highest BCUT2D eigenvalue weighted by Crippen LogP contribution is 2.32. The largest absolute Gasteiger partial charge is 0.284 e. The number of rotatable bonds is 4. The molecule has 1 rings (SSSR count). The third kappa shape index (κ3) is 2.41. The Kier molecular flexibility index (Phi) is 3.57. The second kappa shape index (κ2) is 4.53. The van der Waals surface area contributed by atoms with Crippen LogP contribution >= 0.6 is 7.44 Å². The molecule has 0 saturated carbocycles. The fourth-order valence-electron chi connectivity index (χ4n) is 1.15. The van der Waals surface area contributed by atoms with Gasteiger partial charge in [0.1, 0.15) is 0 Å². The number of nitrogens with zero attached hydrogens (tertiary/aromatic N) is 1. The summed E-state index contributed by atoms with van der Waals surface area (Å²) < 4.78 is 12.0. The molecule has 1 aromatic carbocycles. The highest BCUT2D eigenvalue weighted by molar-refractivity contribution is 7.67. The Morgan fingerprint density at radius 2 is 1.67 bits per heavy atom. The Bertz CT molecular complexity index is 396. The maximum atomic E-state index is 12.0. The van der Waals surface area contributed by atoms with Crippen molar-refractivity contribution in [1.29, 1.82) is 0 Å². The summed E-state index contributed by atoms with van der Waals surface area (Å²) in [5, 5.41) is 16.3. The zero-order chi connectivity index (χ0) is 11.5. The molecule has 0 atom stereocenters. The zero-order valence-corrected chi connectivity index (χ0v) is 9.32. The predicted octanol–water partition coefficient (Wildman–Crippen LogP) is 0.852. The molecule has 2 N–H and O–H groups in total. The second-order valence-corrected chi connectivity index (χ2v) is 5.46. The SMILES string of the molecule is CNP(=O)(NC)c1ccc([N+](=O)[O-])cc1. The molecule has 0 fully saturated rings. The van der Waals surface area contributed by atoms with Crippen LogP contribution in [-0.2, 0) is 4.57 Å². The van der Waals surface area contributed by atoms with Crippen LogP contribution in [0, 0.1) is 10.1 Å². The predicted molar refractivity (Wildman–Crippen MR) is 58.5 cm³/mol. The van der Waals surface area contributed by atoms with Crippen molar-refractivity contribution in [3.05, 3.63) is 34.4 Å². The zero-order valence-electron chi connectivity index (χ0n) is 8.43. The molecule has 1 aromatic rings. The lowest BCUT2D eigenvalue weighted by Crippen LogP contribution is -2.24. The fourth-order valence-corrected chi connectivity index (χ4v) is 2.46. The third-order valence-electron chi connectivity index (χ3n) is 2.05. The topological polar surface area (TPSA) is 84.3 Å². The van der Waals surface area contributed by atoms with Gasteiger partial charge in [-0.25, -0.2) is 0 Å². The summed E-state index contributed by atoms with van der Waals surface area (Å²) in [5.41, 5.74) is -0.0162. The second-order valence-electron chi connectivity index (χ2n) is 2.83. The molecule has 0 bridgehead atoms. The van der Waals surface area contributed by atoms with E-state index >= 15 is 0 Å². The van der Waals surface area contributed by atoms with Crippen molar-refractivity contribution in [3.63, 3.8) is 0 Å². The standard InChI is InChI=1S/C8H12N3O3P/c1-9-15(14,10-2)8-5-3-7(4-6-8)11(12)13/h3-6H,1-2H3,(H2,9,10,14). The van der Waals surface area contributed by atoms with Crippen molar-refractivity contribution in [2.75, 3.05) is 14.1 Å². The summed E-state index contributed by atoms with van der Waals surface area (Å²) in [4.78, 5) is 9.91. The maximum Gasteiger partial charge on any atom is 0.269 e. The lowest BCUT2D eigenvalue weighted by Gasteiger charge is -2.15. The molecule has 0 aliphatic heterocycles. The summed E-state index contributed by atoms with van der Waals surface area (Å²) >= 11 is 0. The molecule has 0 radical (unpaired) electrons. The van der Waals surface area contributed by atoms with Gasteiger partial charge in [0.15, 0.2) is 0 Å². The first kappa shape index (κ1) is 11.8. The van der Waals surface area contributed by atoms with Gasteiger partial charge in [-0.2, -0.15) is 0 Å². The van der Waals surface area contributed by atoms with Gasteiger partial charge in [-0.05, 0) is 26.2 Å². The van der Waals surface area contributed by atoms with Gasteiger partial charge in [0.2, 0.25) is 7.44 Å². The molecule has 0 saturated heterocycles. The van der Waals surface area contributed by atoms with E-state index in [1.165, 1.54) is 24.3 Å². The Morgan fingerprint density at radius 1 is 1.20 bits per heavy atom. The Morgan fingerprint density at radius 3 is 2.00 bits per heavy atom. The van der Waals surface area contributed by atoms with E-state index in [4.69, 9.17) is 0 Å². The Hall–Kier alpha value is -1.23. The fraction of sp³-hybridized carbons (Fsp3) is 0.250. The summed E-state index contributed by atoms with van der Waals surface area (Å²) in [5.74, 6) is 0. The number of non-ortho nitro benzene ring substituents is 1. The molecular formula is C8H12N3O3P. The molecule has 0 aliphatic rings. The number of hydrogen-bond donors (Lipinski definition) is 2. The van der Waals surface area contributed by atoms with E-state index in [-0.39, 0.29) is 5.69 Å². The van der Waals surface area contributed by atoms with E-state index in [9.17, 15) is 14.7 Å². The van der Waals surface area contributed by atoms with Crippen molar-refractivity contribution in [1.82, 2.24) is 10.2 Å². The minimum atomic E-state index is -2.81. The van der Waals surface area contributed by atoms with Crippen LogP contribution in [0.3, 0.4) is 0 Å². The van der Waals surface area contributed by atoms with Gasteiger partial charge >= 0.3 is 0 Å². The summed E-state index contributed by atoms with van der Waals surface area (Å²) in [6, 6.07) is 5.62. The Labute approximate surface area is 87.3 Å². The van der Waals surface area contributed by atoms with Crippen molar-refractivity contribution in [3.8, 4) is 0 Å². The molecule has 6 nitrogen and oxygen atoms in total. The quantitative estimate of drug-likeness (QED) is 0.454. The molecule has 0 spiro atoms. The van der Waals surface area contributed by atoms with Gasteiger partial charge < -0.3 is 0 Å². The summed E-state index contributed by atoms with van der Waals surface area (Å²) in [6.45, 7) is 0. The number of hydrogen-bond acceptors (Lipinski definition) is 3. The first-order valence-corrected chi connectivity index (χ1v) is 5.97. The lowest BCUT2D eigenvalue weighted by molar-refractivity contribution is -0.384. The van der Waals surface area contributed by atoms with E-state index in [0.29, 0.717) is 5.30 Å². The highest BCUT2D eigenvalue weighted by Gasteiger charge is 2.20. The van der Waals surface area contributed by atoms with Crippen molar-refractivity contribution >= 4 is 18.4 Å². The molecule has 82 valence electrons. The lowest BCUT2D eigenvalue weighted by atomic mass is 10.3. The summed E-state index contributed by atoms with van der Waals surface area (Å²) in [7, 11) is 0.330. The average Bonchev–Trinajstić information content (AvgIpc) is 2.28. The number of nitro benzene ring substituents is 1. The normalized spacial score (nSPS) is 11.3. The van der Waals surface area contributed by atoms with E-state index in [1.54, 1.807) is 14.1 Å². The van der Waals surface area contributed by atoms with Crippen molar-refractivity contribution in [2.24, 2.45) is 0 Å². The maximum absolute atomic E-state index is 12.0. The molecule has 0 aliphatic carbocycles.